The lowest BCUT2D eigenvalue weighted by Crippen LogP contribution is -2.26. The Balaban J connectivity index is 2.96. The maximum atomic E-state index is 8.91. The Labute approximate surface area is 94.0 Å². The smallest absolute Gasteiger partial charge is 0.188 e. The number of pyridine rings is 1. The third-order valence-electron chi connectivity index (χ3n) is 2.23. The van der Waals surface area contributed by atoms with Crippen molar-refractivity contribution in [1.29, 1.82) is 0 Å². The average Bonchev–Trinajstić information content (AvgIpc) is 2.35. The summed E-state index contributed by atoms with van der Waals surface area (Å²) in [5, 5.41) is 20.4. The van der Waals surface area contributed by atoms with Gasteiger partial charge in [0.15, 0.2) is 5.84 Å². The van der Waals surface area contributed by atoms with Gasteiger partial charge in [-0.3, -0.25) is 4.98 Å². The first-order valence-electron chi connectivity index (χ1n) is 5.02. The molecule has 1 aromatic heterocycles. The Morgan fingerprint density at radius 3 is 2.94 bits per heavy atom. The van der Waals surface area contributed by atoms with Gasteiger partial charge in [-0.25, -0.2) is 0 Å². The average molecular weight is 224 g/mol. The lowest BCUT2D eigenvalue weighted by molar-refractivity contribution is 0.302. The van der Waals surface area contributed by atoms with Crippen LogP contribution in [0.5, 0.6) is 0 Å². The van der Waals surface area contributed by atoms with Gasteiger partial charge in [-0.2, -0.15) is 0 Å². The number of likely N-dealkylation sites (N-methyl/N-ethyl adjacent to an activating group) is 1. The highest BCUT2D eigenvalue weighted by atomic mass is 16.4. The minimum absolute atomic E-state index is 0.0260. The van der Waals surface area contributed by atoms with Gasteiger partial charge in [-0.15, -0.1) is 0 Å². The predicted molar refractivity (Wildman–Crippen MR) is 61.7 cm³/mol. The highest BCUT2D eigenvalue weighted by Gasteiger charge is 2.07. The molecular formula is C10H16N4O2. The van der Waals surface area contributed by atoms with Crippen LogP contribution in [0.3, 0.4) is 0 Å². The van der Waals surface area contributed by atoms with Crippen LogP contribution in [0, 0.1) is 0 Å². The maximum absolute atomic E-state index is 8.91. The molecule has 0 saturated carbocycles. The molecule has 16 heavy (non-hydrogen) atoms. The monoisotopic (exact) mass is 224 g/mol. The van der Waals surface area contributed by atoms with Gasteiger partial charge in [-0.1, -0.05) is 5.16 Å². The van der Waals surface area contributed by atoms with E-state index in [1.807, 2.05) is 17.9 Å². The minimum Gasteiger partial charge on any atom is -0.409 e. The van der Waals surface area contributed by atoms with Crippen molar-refractivity contribution in [2.24, 2.45) is 10.9 Å². The Bertz CT molecular complexity index is 368. The van der Waals surface area contributed by atoms with Crippen LogP contribution >= 0.6 is 0 Å². The molecule has 6 heteroatoms. The number of anilines is 1. The molecule has 0 aromatic carbocycles. The highest BCUT2D eigenvalue weighted by molar-refractivity contribution is 5.95. The molecule has 0 unspecified atom stereocenters. The van der Waals surface area contributed by atoms with Crippen LogP contribution in [0.2, 0.25) is 0 Å². The van der Waals surface area contributed by atoms with Crippen LogP contribution in [-0.2, 0) is 0 Å². The van der Waals surface area contributed by atoms with E-state index in [-0.39, 0.29) is 12.4 Å². The van der Waals surface area contributed by atoms with Gasteiger partial charge in [0, 0.05) is 25.0 Å². The van der Waals surface area contributed by atoms with Crippen molar-refractivity contribution in [3.63, 3.8) is 0 Å². The standard InChI is InChI=1S/C10H16N4O2/c1-2-14(5-6-15)8-3-4-12-9(7-8)10(11)13-16/h3-4,7,15-16H,2,5-6H2,1H3,(H2,11,13). The normalized spacial score (nSPS) is 11.5. The summed E-state index contributed by atoms with van der Waals surface area (Å²) in [7, 11) is 0. The molecule has 0 bridgehead atoms. The Morgan fingerprint density at radius 2 is 2.38 bits per heavy atom. The summed E-state index contributed by atoms with van der Waals surface area (Å²) < 4.78 is 0. The molecular weight excluding hydrogens is 208 g/mol. The van der Waals surface area contributed by atoms with Gasteiger partial charge in [0.1, 0.15) is 5.69 Å². The molecule has 0 saturated heterocycles. The largest absolute Gasteiger partial charge is 0.409 e. The number of hydrogen-bond acceptors (Lipinski definition) is 5. The van der Waals surface area contributed by atoms with E-state index in [2.05, 4.69) is 10.1 Å². The fourth-order valence-corrected chi connectivity index (χ4v) is 1.40. The van der Waals surface area contributed by atoms with Gasteiger partial charge in [0.05, 0.1) is 6.61 Å². The molecule has 0 aliphatic rings. The van der Waals surface area contributed by atoms with Crippen molar-refractivity contribution < 1.29 is 10.3 Å². The minimum atomic E-state index is -0.0260. The molecule has 0 fully saturated rings. The SMILES string of the molecule is CCN(CCO)c1ccnc(C(N)=NO)c1. The van der Waals surface area contributed by atoms with Crippen LogP contribution in [0.25, 0.3) is 0 Å². The fraction of sp³-hybridized carbons (Fsp3) is 0.400. The Morgan fingerprint density at radius 1 is 1.62 bits per heavy atom. The van der Waals surface area contributed by atoms with E-state index in [4.69, 9.17) is 16.0 Å². The second-order valence-electron chi connectivity index (χ2n) is 3.19. The van der Waals surface area contributed by atoms with Crippen LogP contribution in [-0.4, -0.2) is 40.8 Å². The molecule has 0 aliphatic heterocycles. The number of aliphatic hydroxyl groups excluding tert-OH is 1. The number of oxime groups is 1. The van der Waals surface area contributed by atoms with Crippen molar-refractivity contribution in [3.05, 3.63) is 24.0 Å². The van der Waals surface area contributed by atoms with E-state index >= 15 is 0 Å². The first kappa shape index (κ1) is 12.3. The summed E-state index contributed by atoms with van der Waals surface area (Å²) in [6.07, 6.45) is 1.59. The fourth-order valence-electron chi connectivity index (χ4n) is 1.40. The van der Waals surface area contributed by atoms with Crippen molar-refractivity contribution in [2.75, 3.05) is 24.6 Å². The Kier molecular flexibility index (Phi) is 4.53. The van der Waals surface area contributed by atoms with Gasteiger partial charge in [0.2, 0.25) is 0 Å². The van der Waals surface area contributed by atoms with Crippen molar-refractivity contribution >= 4 is 11.5 Å². The van der Waals surface area contributed by atoms with E-state index in [9.17, 15) is 0 Å². The third-order valence-corrected chi connectivity index (χ3v) is 2.23. The highest BCUT2D eigenvalue weighted by Crippen LogP contribution is 2.13. The summed E-state index contributed by atoms with van der Waals surface area (Å²) in [5.41, 5.74) is 6.74. The molecule has 4 N–H and O–H groups in total. The quantitative estimate of drug-likeness (QED) is 0.283. The first-order valence-corrected chi connectivity index (χ1v) is 5.02. The van der Waals surface area contributed by atoms with Crippen LogP contribution < -0.4 is 10.6 Å². The summed E-state index contributed by atoms with van der Waals surface area (Å²) >= 11 is 0. The predicted octanol–water partition coefficient (Wildman–Crippen LogP) is -0.00530. The zero-order valence-electron chi connectivity index (χ0n) is 9.17. The van der Waals surface area contributed by atoms with Gasteiger partial charge in [0.25, 0.3) is 0 Å². The van der Waals surface area contributed by atoms with Crippen LogP contribution in [0.15, 0.2) is 23.5 Å². The second-order valence-corrected chi connectivity index (χ2v) is 3.19. The van der Waals surface area contributed by atoms with E-state index in [1.165, 1.54) is 0 Å². The number of nitrogens with two attached hydrogens (primary N) is 1. The van der Waals surface area contributed by atoms with Crippen LogP contribution in [0.1, 0.15) is 12.6 Å². The van der Waals surface area contributed by atoms with Gasteiger partial charge in [-0.05, 0) is 19.1 Å². The van der Waals surface area contributed by atoms with E-state index in [0.717, 1.165) is 12.2 Å². The number of amidine groups is 1. The van der Waals surface area contributed by atoms with Crippen molar-refractivity contribution in [1.82, 2.24) is 4.98 Å². The summed E-state index contributed by atoms with van der Waals surface area (Å²) in [6, 6.07) is 3.53. The molecule has 0 spiro atoms. The first-order chi connectivity index (χ1) is 7.72. The number of aliphatic hydroxyl groups is 1. The number of aromatic nitrogens is 1. The number of hydrogen-bond donors (Lipinski definition) is 3. The molecule has 6 nitrogen and oxygen atoms in total. The molecule has 1 rings (SSSR count). The molecule has 0 aliphatic carbocycles. The zero-order chi connectivity index (χ0) is 12.0. The lowest BCUT2D eigenvalue weighted by Gasteiger charge is -2.22. The van der Waals surface area contributed by atoms with Crippen LogP contribution in [0.4, 0.5) is 5.69 Å². The maximum Gasteiger partial charge on any atom is 0.188 e. The van der Waals surface area contributed by atoms with Gasteiger partial charge >= 0.3 is 0 Å². The summed E-state index contributed by atoms with van der Waals surface area (Å²) in [6.45, 7) is 3.37. The number of rotatable bonds is 5. The number of nitrogens with zero attached hydrogens (tertiary/aromatic N) is 3. The second kappa shape index (κ2) is 5.92. The molecule has 1 aromatic rings. The molecule has 1 heterocycles. The zero-order valence-corrected chi connectivity index (χ0v) is 9.17. The topological polar surface area (TPSA) is 95.0 Å². The van der Waals surface area contributed by atoms with E-state index in [1.54, 1.807) is 12.3 Å². The lowest BCUT2D eigenvalue weighted by atomic mass is 10.2. The molecule has 0 atom stereocenters. The molecule has 88 valence electrons. The molecule has 0 amide bonds. The van der Waals surface area contributed by atoms with Crippen molar-refractivity contribution in [2.45, 2.75) is 6.92 Å². The summed E-state index contributed by atoms with van der Waals surface area (Å²) in [4.78, 5) is 5.95. The van der Waals surface area contributed by atoms with Crippen molar-refractivity contribution in [3.8, 4) is 0 Å². The Hall–Kier alpha value is -1.82. The third kappa shape index (κ3) is 2.83. The van der Waals surface area contributed by atoms with E-state index < -0.39 is 0 Å². The molecule has 0 radical (unpaired) electrons. The van der Waals surface area contributed by atoms with E-state index in [0.29, 0.717) is 12.2 Å². The summed E-state index contributed by atoms with van der Waals surface area (Å²) in [5.74, 6) is -0.0260. The van der Waals surface area contributed by atoms with Gasteiger partial charge < -0.3 is 20.9 Å².